The van der Waals surface area contributed by atoms with Gasteiger partial charge in [0.15, 0.2) is 0 Å². The minimum Gasteiger partial charge on any atom is -0.497 e. The van der Waals surface area contributed by atoms with E-state index in [1.807, 2.05) is 48.5 Å². The molecular formula is C34H34N4O5S. The van der Waals surface area contributed by atoms with Crippen LogP contribution >= 0.6 is 0 Å². The van der Waals surface area contributed by atoms with Crippen LogP contribution in [0.4, 0.5) is 5.82 Å². The highest BCUT2D eigenvalue weighted by molar-refractivity contribution is 7.89. The van der Waals surface area contributed by atoms with E-state index in [1.165, 1.54) is 0 Å². The monoisotopic (exact) mass is 610 g/mol. The maximum Gasteiger partial charge on any atom is 0.243 e. The van der Waals surface area contributed by atoms with Crippen molar-refractivity contribution in [2.24, 2.45) is 0 Å². The van der Waals surface area contributed by atoms with E-state index in [4.69, 9.17) is 14.2 Å². The standard InChI is InChI=1S/C34H34N4O5S/c1-41-28-12-14-30(15-13-28)44(39,40)38(27-9-10-27)21-23-5-4-6-24(17-23)25-8-16-32-31(18-25)34(37-22-36-32)35-20-26-7-11-29(42-2)19-33(26)43-3/h4-8,11-19,22,27H,9-10,20-21H2,1-3H3,(H,35,36,37). The molecule has 9 nitrogen and oxygen atoms in total. The maximum absolute atomic E-state index is 13.6. The normalized spacial score (nSPS) is 13.2. The lowest BCUT2D eigenvalue weighted by molar-refractivity contribution is 0.391. The fourth-order valence-corrected chi connectivity index (χ4v) is 6.91. The van der Waals surface area contributed by atoms with E-state index in [1.54, 1.807) is 56.2 Å². The molecule has 44 heavy (non-hydrogen) atoms. The lowest BCUT2D eigenvalue weighted by Crippen LogP contribution is -2.32. The quantitative estimate of drug-likeness (QED) is 0.176. The second kappa shape index (κ2) is 12.5. The van der Waals surface area contributed by atoms with E-state index in [-0.39, 0.29) is 10.9 Å². The fourth-order valence-electron chi connectivity index (χ4n) is 5.24. The number of nitrogens with one attached hydrogen (secondary N) is 1. The zero-order valence-corrected chi connectivity index (χ0v) is 25.7. The number of sulfonamides is 1. The van der Waals surface area contributed by atoms with Crippen LogP contribution in [0.1, 0.15) is 24.0 Å². The molecule has 5 aromatic rings. The number of fused-ring (bicyclic) bond motifs is 1. The Kier molecular flexibility index (Phi) is 8.36. The summed E-state index contributed by atoms with van der Waals surface area (Å²) >= 11 is 0. The van der Waals surface area contributed by atoms with E-state index in [2.05, 4.69) is 27.4 Å². The van der Waals surface area contributed by atoms with Gasteiger partial charge < -0.3 is 19.5 Å². The van der Waals surface area contributed by atoms with E-state index >= 15 is 0 Å². The molecular weight excluding hydrogens is 576 g/mol. The van der Waals surface area contributed by atoms with Gasteiger partial charge in [0.1, 0.15) is 29.4 Å². The predicted molar refractivity (Wildman–Crippen MR) is 171 cm³/mol. The Balaban J connectivity index is 1.26. The summed E-state index contributed by atoms with van der Waals surface area (Å²) in [4.78, 5) is 9.26. The van der Waals surface area contributed by atoms with Crippen LogP contribution in [-0.4, -0.2) is 50.1 Å². The Morgan fingerprint density at radius 2 is 1.57 bits per heavy atom. The number of methoxy groups -OCH3 is 3. The third-order valence-corrected chi connectivity index (χ3v) is 9.71. The number of hydrogen-bond donors (Lipinski definition) is 1. The van der Waals surface area contributed by atoms with Crippen molar-refractivity contribution in [3.8, 4) is 28.4 Å². The van der Waals surface area contributed by atoms with Gasteiger partial charge in [-0.25, -0.2) is 18.4 Å². The Morgan fingerprint density at radius 3 is 2.30 bits per heavy atom. The van der Waals surface area contributed by atoms with Gasteiger partial charge in [0.05, 0.1) is 31.7 Å². The first-order valence-electron chi connectivity index (χ1n) is 14.3. The summed E-state index contributed by atoms with van der Waals surface area (Å²) in [6, 6.07) is 26.4. The molecule has 1 aromatic heterocycles. The van der Waals surface area contributed by atoms with E-state index < -0.39 is 10.0 Å². The van der Waals surface area contributed by atoms with Gasteiger partial charge in [0, 0.05) is 36.1 Å². The van der Waals surface area contributed by atoms with Gasteiger partial charge in [0.2, 0.25) is 10.0 Å². The zero-order valence-electron chi connectivity index (χ0n) is 24.9. The van der Waals surface area contributed by atoms with Crippen LogP contribution in [0.2, 0.25) is 0 Å². The summed E-state index contributed by atoms with van der Waals surface area (Å²) in [5.41, 5.74) is 4.66. The van der Waals surface area contributed by atoms with Crippen LogP contribution in [0.3, 0.4) is 0 Å². The molecule has 0 saturated heterocycles. The number of aromatic nitrogens is 2. The summed E-state index contributed by atoms with van der Waals surface area (Å²) in [5, 5.41) is 4.32. The molecule has 1 fully saturated rings. The Hall–Kier alpha value is -4.67. The summed E-state index contributed by atoms with van der Waals surface area (Å²) < 4.78 is 45.0. The lowest BCUT2D eigenvalue weighted by Gasteiger charge is -2.22. The first-order chi connectivity index (χ1) is 21.4. The smallest absolute Gasteiger partial charge is 0.243 e. The van der Waals surface area contributed by atoms with Gasteiger partial charge in [0.25, 0.3) is 0 Å². The van der Waals surface area contributed by atoms with Gasteiger partial charge >= 0.3 is 0 Å². The number of rotatable bonds is 12. The van der Waals surface area contributed by atoms with Crippen LogP contribution in [0.5, 0.6) is 17.2 Å². The SMILES string of the molecule is COc1ccc(S(=O)(=O)N(Cc2cccc(-c3ccc4ncnc(NCc5ccc(OC)cc5OC)c4c3)c2)C2CC2)cc1. The predicted octanol–water partition coefficient (Wildman–Crippen LogP) is 6.29. The Labute approximate surface area is 257 Å². The summed E-state index contributed by atoms with van der Waals surface area (Å²) in [6.07, 6.45) is 3.27. The molecule has 0 unspecified atom stereocenters. The van der Waals surface area contributed by atoms with Crippen LogP contribution in [0.25, 0.3) is 22.0 Å². The number of benzene rings is 4. The molecule has 1 aliphatic carbocycles. The second-order valence-electron chi connectivity index (χ2n) is 10.6. The van der Waals surface area contributed by atoms with Crippen LogP contribution in [-0.2, 0) is 23.1 Å². The van der Waals surface area contributed by atoms with E-state index in [0.29, 0.717) is 24.7 Å². The van der Waals surface area contributed by atoms with Crippen molar-refractivity contribution in [1.29, 1.82) is 0 Å². The van der Waals surface area contributed by atoms with Gasteiger partial charge in [-0.1, -0.05) is 24.3 Å². The molecule has 0 aliphatic heterocycles. The number of hydrogen-bond acceptors (Lipinski definition) is 8. The van der Waals surface area contributed by atoms with Gasteiger partial charge in [-0.05, 0) is 84.1 Å². The van der Waals surface area contributed by atoms with Crippen molar-refractivity contribution >= 4 is 26.7 Å². The summed E-state index contributed by atoms with van der Waals surface area (Å²) in [5.74, 6) is 2.77. The van der Waals surface area contributed by atoms with Crippen molar-refractivity contribution in [3.63, 3.8) is 0 Å². The molecule has 226 valence electrons. The number of nitrogens with zero attached hydrogens (tertiary/aromatic N) is 3. The minimum absolute atomic E-state index is 0.00142. The topological polar surface area (TPSA) is 103 Å². The zero-order chi connectivity index (χ0) is 30.7. The maximum atomic E-state index is 13.6. The average Bonchev–Trinajstić information content (AvgIpc) is 3.91. The number of anilines is 1. The molecule has 0 spiro atoms. The first-order valence-corrected chi connectivity index (χ1v) is 15.8. The molecule has 0 radical (unpaired) electrons. The van der Waals surface area contributed by atoms with Gasteiger partial charge in [-0.3, -0.25) is 0 Å². The third-order valence-electron chi connectivity index (χ3n) is 7.79. The lowest BCUT2D eigenvalue weighted by atomic mass is 10.0. The molecule has 1 N–H and O–H groups in total. The fraction of sp³-hybridized carbons (Fsp3) is 0.235. The second-order valence-corrected chi connectivity index (χ2v) is 12.5. The largest absolute Gasteiger partial charge is 0.497 e. The van der Waals surface area contributed by atoms with Crippen LogP contribution < -0.4 is 19.5 Å². The highest BCUT2D eigenvalue weighted by atomic mass is 32.2. The van der Waals surface area contributed by atoms with Gasteiger partial charge in [-0.2, -0.15) is 4.31 Å². The van der Waals surface area contributed by atoms with Crippen molar-refractivity contribution in [1.82, 2.24) is 14.3 Å². The Bertz CT molecular complexity index is 1890. The van der Waals surface area contributed by atoms with Crippen molar-refractivity contribution in [2.75, 3.05) is 26.6 Å². The third kappa shape index (κ3) is 6.17. The average molecular weight is 611 g/mol. The van der Waals surface area contributed by atoms with Crippen LogP contribution in [0.15, 0.2) is 96.2 Å². The number of ether oxygens (including phenoxy) is 3. The molecule has 0 amide bonds. The minimum atomic E-state index is -3.67. The van der Waals surface area contributed by atoms with Crippen molar-refractivity contribution in [2.45, 2.75) is 36.9 Å². The molecule has 1 saturated carbocycles. The van der Waals surface area contributed by atoms with E-state index in [0.717, 1.165) is 57.5 Å². The molecule has 4 aromatic carbocycles. The molecule has 10 heteroatoms. The molecule has 1 aliphatic rings. The highest BCUT2D eigenvalue weighted by Gasteiger charge is 2.38. The summed E-state index contributed by atoms with van der Waals surface area (Å²) in [6.45, 7) is 0.790. The van der Waals surface area contributed by atoms with E-state index in [9.17, 15) is 8.42 Å². The highest BCUT2D eigenvalue weighted by Crippen LogP contribution is 2.35. The first kappa shape index (κ1) is 29.4. The molecule has 6 rings (SSSR count). The van der Waals surface area contributed by atoms with Crippen molar-refractivity contribution < 1.29 is 22.6 Å². The van der Waals surface area contributed by atoms with Crippen molar-refractivity contribution in [3.05, 3.63) is 102 Å². The van der Waals surface area contributed by atoms with Crippen LogP contribution in [0, 0.1) is 0 Å². The van der Waals surface area contributed by atoms with Gasteiger partial charge in [-0.15, -0.1) is 0 Å². The molecule has 0 bridgehead atoms. The Morgan fingerprint density at radius 1 is 0.818 bits per heavy atom. The summed E-state index contributed by atoms with van der Waals surface area (Å²) in [7, 11) is 1.15. The molecule has 1 heterocycles. The molecule has 0 atom stereocenters.